The summed E-state index contributed by atoms with van der Waals surface area (Å²) in [4.78, 5) is 20.1. The smallest absolute Gasteiger partial charge is 0.256 e. The van der Waals surface area contributed by atoms with Crippen LogP contribution in [0.2, 0.25) is 0 Å². The van der Waals surface area contributed by atoms with Crippen molar-refractivity contribution >= 4 is 12.2 Å². The maximum atomic E-state index is 12.0. The number of nitrogens with zero attached hydrogens (tertiary/aromatic N) is 1. The van der Waals surface area contributed by atoms with Gasteiger partial charge in [-0.25, -0.2) is 0 Å². The van der Waals surface area contributed by atoms with E-state index in [0.29, 0.717) is 11.3 Å². The molecule has 1 aromatic heterocycles. The number of H-pyrrole nitrogens is 2. The van der Waals surface area contributed by atoms with E-state index in [1.807, 2.05) is 0 Å². The minimum Gasteiger partial charge on any atom is -0.335 e. The summed E-state index contributed by atoms with van der Waals surface area (Å²) in [5, 5.41) is 0. The topological polar surface area (TPSA) is 51.9 Å². The second-order valence-electron chi connectivity index (χ2n) is 5.76. The highest BCUT2D eigenvalue weighted by Gasteiger charge is 2.20. The van der Waals surface area contributed by atoms with Gasteiger partial charge >= 0.3 is 0 Å². The summed E-state index contributed by atoms with van der Waals surface area (Å²) in [6, 6.07) is 6.52. The Kier molecular flexibility index (Phi) is 3.78. The van der Waals surface area contributed by atoms with Gasteiger partial charge < -0.3 is 4.98 Å². The number of aromatic nitrogens is 2. The molecule has 0 amide bonds. The van der Waals surface area contributed by atoms with Crippen LogP contribution >= 0.6 is 12.2 Å². The summed E-state index contributed by atoms with van der Waals surface area (Å²) in [5.74, 6) is 0. The van der Waals surface area contributed by atoms with Gasteiger partial charge in [-0.1, -0.05) is 23.8 Å². The lowest BCUT2D eigenvalue weighted by Gasteiger charge is -2.28. The zero-order chi connectivity index (χ0) is 15.0. The fourth-order valence-corrected chi connectivity index (χ4v) is 3.07. The Hall–Kier alpha value is -1.72. The number of fused-ring (bicyclic) bond motifs is 1. The van der Waals surface area contributed by atoms with E-state index < -0.39 is 0 Å². The average Bonchev–Trinajstić information content (AvgIpc) is 2.43. The third kappa shape index (κ3) is 2.99. The Morgan fingerprint density at radius 3 is 2.90 bits per heavy atom. The molecule has 0 saturated carbocycles. The number of hydrogen-bond acceptors (Lipinski definition) is 3. The number of hydrogen-bond donors (Lipinski definition) is 2. The molecule has 0 saturated heterocycles. The number of nitrogens with one attached hydrogen (secondary N) is 2. The second kappa shape index (κ2) is 5.58. The summed E-state index contributed by atoms with van der Waals surface area (Å²) >= 11 is 5.03. The SMILES string of the molecule is Cc1ccc(C)c(CN2CCc3[nH]c(=S)[nH]c(=O)c3C2)c1. The number of aryl methyl sites for hydroxylation is 2. The number of benzene rings is 1. The largest absolute Gasteiger partial charge is 0.335 e. The predicted molar refractivity (Wildman–Crippen MR) is 86.0 cm³/mol. The van der Waals surface area contributed by atoms with Crippen LogP contribution in [0, 0.1) is 18.6 Å². The van der Waals surface area contributed by atoms with Crippen LogP contribution in [0.25, 0.3) is 0 Å². The van der Waals surface area contributed by atoms with Crippen LogP contribution in [-0.4, -0.2) is 21.4 Å². The van der Waals surface area contributed by atoms with Crippen molar-refractivity contribution in [2.24, 2.45) is 0 Å². The van der Waals surface area contributed by atoms with Gasteiger partial charge in [-0.05, 0) is 37.2 Å². The molecular weight excluding hydrogens is 282 g/mol. The number of rotatable bonds is 2. The fourth-order valence-electron chi connectivity index (χ4n) is 2.86. The lowest BCUT2D eigenvalue weighted by atomic mass is 10.0. The molecule has 0 fully saturated rings. The van der Waals surface area contributed by atoms with Crippen molar-refractivity contribution in [2.75, 3.05) is 6.54 Å². The summed E-state index contributed by atoms with van der Waals surface area (Å²) < 4.78 is 0.418. The summed E-state index contributed by atoms with van der Waals surface area (Å²) in [7, 11) is 0. The highest BCUT2D eigenvalue weighted by atomic mass is 32.1. The van der Waals surface area contributed by atoms with Crippen LogP contribution in [0.1, 0.15) is 27.9 Å². The molecule has 5 heteroatoms. The molecule has 0 unspecified atom stereocenters. The zero-order valence-electron chi connectivity index (χ0n) is 12.3. The quantitative estimate of drug-likeness (QED) is 0.838. The molecule has 0 radical (unpaired) electrons. The van der Waals surface area contributed by atoms with Gasteiger partial charge in [-0.15, -0.1) is 0 Å². The van der Waals surface area contributed by atoms with Crippen molar-refractivity contribution < 1.29 is 0 Å². The molecule has 2 heterocycles. The molecule has 2 N–H and O–H groups in total. The van der Waals surface area contributed by atoms with Gasteiger partial charge in [0.05, 0.1) is 5.56 Å². The van der Waals surface area contributed by atoms with Gasteiger partial charge in [0.2, 0.25) is 0 Å². The third-order valence-corrected chi connectivity index (χ3v) is 4.29. The van der Waals surface area contributed by atoms with Crippen molar-refractivity contribution in [1.29, 1.82) is 0 Å². The molecule has 0 atom stereocenters. The van der Waals surface area contributed by atoms with Gasteiger partial charge in [-0.2, -0.15) is 0 Å². The highest BCUT2D eigenvalue weighted by molar-refractivity contribution is 7.71. The van der Waals surface area contributed by atoms with E-state index in [1.54, 1.807) is 0 Å². The van der Waals surface area contributed by atoms with E-state index in [2.05, 4.69) is 46.9 Å². The Morgan fingerprint density at radius 2 is 2.10 bits per heavy atom. The molecule has 4 nitrogen and oxygen atoms in total. The van der Waals surface area contributed by atoms with Crippen LogP contribution < -0.4 is 5.56 Å². The Balaban J connectivity index is 1.85. The molecule has 1 aromatic carbocycles. The van der Waals surface area contributed by atoms with E-state index >= 15 is 0 Å². The van der Waals surface area contributed by atoms with Crippen LogP contribution in [0.5, 0.6) is 0 Å². The van der Waals surface area contributed by atoms with E-state index in [4.69, 9.17) is 12.2 Å². The van der Waals surface area contributed by atoms with E-state index in [9.17, 15) is 4.79 Å². The lowest BCUT2D eigenvalue weighted by Crippen LogP contribution is -2.35. The maximum absolute atomic E-state index is 12.0. The number of aromatic amines is 2. The van der Waals surface area contributed by atoms with E-state index in [0.717, 1.165) is 30.8 Å². The molecule has 3 rings (SSSR count). The van der Waals surface area contributed by atoms with Crippen molar-refractivity contribution in [2.45, 2.75) is 33.4 Å². The van der Waals surface area contributed by atoms with Gasteiger partial charge in [0, 0.05) is 31.7 Å². The average molecular weight is 301 g/mol. The maximum Gasteiger partial charge on any atom is 0.256 e. The Labute approximate surface area is 128 Å². The standard InChI is InChI=1S/C16H19N3OS/c1-10-3-4-11(2)12(7-10)8-19-6-5-14-13(9-19)15(20)18-16(21)17-14/h3-4,7H,5-6,8-9H2,1-2H3,(H2,17,18,20,21). The molecule has 0 spiro atoms. The molecule has 2 aromatic rings. The zero-order valence-corrected chi connectivity index (χ0v) is 13.1. The van der Waals surface area contributed by atoms with Gasteiger partial charge in [0.15, 0.2) is 4.77 Å². The fraction of sp³-hybridized carbons (Fsp3) is 0.375. The first-order chi connectivity index (χ1) is 10.0. The minimum atomic E-state index is -0.0561. The third-order valence-electron chi connectivity index (χ3n) is 4.09. The monoisotopic (exact) mass is 301 g/mol. The van der Waals surface area contributed by atoms with Crippen LogP contribution in [0.15, 0.2) is 23.0 Å². The first-order valence-corrected chi connectivity index (χ1v) is 7.56. The van der Waals surface area contributed by atoms with Crippen LogP contribution in [-0.2, 0) is 19.5 Å². The Morgan fingerprint density at radius 1 is 1.29 bits per heavy atom. The van der Waals surface area contributed by atoms with Crippen LogP contribution in [0.3, 0.4) is 0 Å². The van der Waals surface area contributed by atoms with Crippen molar-refractivity contribution in [3.05, 3.63) is 61.3 Å². The molecule has 0 aliphatic carbocycles. The Bertz CT molecular complexity index is 791. The minimum absolute atomic E-state index is 0.0561. The summed E-state index contributed by atoms with van der Waals surface area (Å²) in [5.41, 5.74) is 5.65. The summed E-state index contributed by atoms with van der Waals surface area (Å²) in [6.07, 6.45) is 0.841. The first kappa shape index (κ1) is 14.2. The van der Waals surface area contributed by atoms with Crippen molar-refractivity contribution in [3.63, 3.8) is 0 Å². The molecule has 0 bridgehead atoms. The highest BCUT2D eigenvalue weighted by Crippen LogP contribution is 2.18. The second-order valence-corrected chi connectivity index (χ2v) is 6.16. The van der Waals surface area contributed by atoms with Gasteiger partial charge in [-0.3, -0.25) is 14.7 Å². The van der Waals surface area contributed by atoms with Crippen LogP contribution in [0.4, 0.5) is 0 Å². The molecule has 1 aliphatic heterocycles. The van der Waals surface area contributed by atoms with Crippen molar-refractivity contribution in [1.82, 2.24) is 14.9 Å². The summed E-state index contributed by atoms with van der Waals surface area (Å²) in [6.45, 7) is 6.73. The molecular formula is C16H19N3OS. The normalized spacial score (nSPS) is 15.0. The van der Waals surface area contributed by atoms with Gasteiger partial charge in [0.25, 0.3) is 5.56 Å². The first-order valence-electron chi connectivity index (χ1n) is 7.16. The van der Waals surface area contributed by atoms with Crippen molar-refractivity contribution in [3.8, 4) is 0 Å². The molecule has 1 aliphatic rings. The predicted octanol–water partition coefficient (Wildman–Crippen LogP) is 2.61. The molecule has 110 valence electrons. The lowest BCUT2D eigenvalue weighted by molar-refractivity contribution is 0.241. The van der Waals surface area contributed by atoms with E-state index in [-0.39, 0.29) is 5.56 Å². The van der Waals surface area contributed by atoms with E-state index in [1.165, 1.54) is 16.7 Å². The molecule has 21 heavy (non-hydrogen) atoms. The van der Waals surface area contributed by atoms with Gasteiger partial charge in [0.1, 0.15) is 0 Å².